The van der Waals surface area contributed by atoms with E-state index in [4.69, 9.17) is 9.47 Å². The Morgan fingerprint density at radius 1 is 1.14 bits per heavy atom. The summed E-state index contributed by atoms with van der Waals surface area (Å²) in [7, 11) is 3.31. The van der Waals surface area contributed by atoms with E-state index in [9.17, 15) is 4.79 Å². The molecule has 5 nitrogen and oxygen atoms in total. The number of benzene rings is 2. The second kappa shape index (κ2) is 9.11. The van der Waals surface area contributed by atoms with Crippen molar-refractivity contribution in [3.05, 3.63) is 59.2 Å². The first kappa shape index (κ1) is 20.2. The molecule has 0 unspecified atom stereocenters. The first-order valence-electron chi connectivity index (χ1n) is 9.84. The molecule has 5 heteroatoms. The lowest BCUT2D eigenvalue weighted by Gasteiger charge is -2.37. The first-order valence-corrected chi connectivity index (χ1v) is 9.84. The van der Waals surface area contributed by atoms with Gasteiger partial charge in [-0.25, -0.2) is 0 Å². The predicted octanol–water partition coefficient (Wildman–Crippen LogP) is 3.42. The van der Waals surface area contributed by atoms with Gasteiger partial charge in [-0.3, -0.25) is 9.69 Å². The van der Waals surface area contributed by atoms with Crippen LogP contribution in [-0.2, 0) is 11.2 Å². The Balaban J connectivity index is 1.95. The normalized spacial score (nSPS) is 16.5. The molecule has 0 radical (unpaired) electrons. The van der Waals surface area contributed by atoms with Crippen molar-refractivity contribution in [2.24, 2.45) is 5.92 Å². The Hall–Kier alpha value is -2.53. The van der Waals surface area contributed by atoms with Crippen LogP contribution in [0, 0.1) is 5.92 Å². The third-order valence-electron chi connectivity index (χ3n) is 5.14. The summed E-state index contributed by atoms with van der Waals surface area (Å²) < 4.78 is 11.0. The fourth-order valence-electron chi connectivity index (χ4n) is 3.75. The number of nitrogens with one attached hydrogen (secondary N) is 1. The maximum atomic E-state index is 12.5. The molecule has 2 aromatic rings. The number of carbonyl (C=O) groups is 1. The number of methoxy groups -OCH3 is 2. The van der Waals surface area contributed by atoms with Gasteiger partial charge >= 0.3 is 0 Å². The maximum Gasteiger partial charge on any atom is 0.234 e. The number of hydrogen-bond donors (Lipinski definition) is 1. The van der Waals surface area contributed by atoms with Crippen molar-refractivity contribution in [2.75, 3.05) is 33.9 Å². The Morgan fingerprint density at radius 2 is 1.82 bits per heavy atom. The Kier molecular flexibility index (Phi) is 6.57. The molecule has 3 rings (SSSR count). The Labute approximate surface area is 167 Å². The standard InChI is InChI=1S/C23H30N2O3/c1-16(2)14-24-22(26)15-25-11-10-18-12-20(27-3)21(28-4)13-19(18)23(25)17-8-6-5-7-9-17/h5-9,12-13,16,23H,10-11,14-15H2,1-4H3,(H,24,26)/t23-/m1/s1. The van der Waals surface area contributed by atoms with E-state index in [-0.39, 0.29) is 11.9 Å². The predicted molar refractivity (Wildman–Crippen MR) is 111 cm³/mol. The van der Waals surface area contributed by atoms with Crippen LogP contribution < -0.4 is 14.8 Å². The summed E-state index contributed by atoms with van der Waals surface area (Å²) in [6.45, 7) is 6.09. The van der Waals surface area contributed by atoms with Crippen molar-refractivity contribution in [1.29, 1.82) is 0 Å². The summed E-state index contributed by atoms with van der Waals surface area (Å²) in [5.41, 5.74) is 3.59. The van der Waals surface area contributed by atoms with E-state index in [0.717, 1.165) is 18.7 Å². The third kappa shape index (κ3) is 4.47. The molecule has 0 bridgehead atoms. The molecule has 0 spiro atoms. The molecule has 28 heavy (non-hydrogen) atoms. The third-order valence-corrected chi connectivity index (χ3v) is 5.14. The minimum Gasteiger partial charge on any atom is -0.493 e. The smallest absolute Gasteiger partial charge is 0.234 e. The van der Waals surface area contributed by atoms with Gasteiger partial charge in [0.15, 0.2) is 11.5 Å². The number of rotatable bonds is 7. The first-order chi connectivity index (χ1) is 13.5. The van der Waals surface area contributed by atoms with Crippen molar-refractivity contribution in [1.82, 2.24) is 10.2 Å². The molecule has 1 atom stereocenters. The minimum absolute atomic E-state index is 0.00885. The lowest BCUT2D eigenvalue weighted by molar-refractivity contribution is -0.122. The van der Waals surface area contributed by atoms with E-state index >= 15 is 0 Å². The fraction of sp³-hybridized carbons (Fsp3) is 0.435. The van der Waals surface area contributed by atoms with Crippen LogP contribution in [0.3, 0.4) is 0 Å². The average molecular weight is 383 g/mol. The molecule has 2 aromatic carbocycles. The van der Waals surface area contributed by atoms with Crippen molar-refractivity contribution < 1.29 is 14.3 Å². The van der Waals surface area contributed by atoms with Gasteiger partial charge in [-0.1, -0.05) is 44.2 Å². The van der Waals surface area contributed by atoms with Crippen LogP contribution in [0.1, 0.15) is 36.6 Å². The zero-order valence-corrected chi connectivity index (χ0v) is 17.2. The maximum absolute atomic E-state index is 12.5. The molecule has 0 aliphatic carbocycles. The molecule has 0 aromatic heterocycles. The van der Waals surface area contributed by atoms with E-state index in [2.05, 4.69) is 48.3 Å². The largest absolute Gasteiger partial charge is 0.493 e. The van der Waals surface area contributed by atoms with Gasteiger partial charge in [0.2, 0.25) is 5.91 Å². The molecule has 1 aliphatic rings. The molecule has 0 saturated carbocycles. The van der Waals surface area contributed by atoms with E-state index in [1.807, 2.05) is 18.2 Å². The number of fused-ring (bicyclic) bond motifs is 1. The highest BCUT2D eigenvalue weighted by Crippen LogP contribution is 2.40. The van der Waals surface area contributed by atoms with Gasteiger partial charge < -0.3 is 14.8 Å². The van der Waals surface area contributed by atoms with E-state index in [1.54, 1.807) is 14.2 Å². The molecule has 1 amide bonds. The summed E-state index contributed by atoms with van der Waals surface area (Å²) >= 11 is 0. The van der Waals surface area contributed by atoms with Gasteiger partial charge in [-0.05, 0) is 41.2 Å². The summed E-state index contributed by atoms with van der Waals surface area (Å²) in [5, 5.41) is 3.04. The molecule has 1 heterocycles. The number of nitrogens with zero attached hydrogens (tertiary/aromatic N) is 1. The average Bonchev–Trinajstić information content (AvgIpc) is 2.71. The van der Waals surface area contributed by atoms with E-state index < -0.39 is 0 Å². The number of hydrogen-bond acceptors (Lipinski definition) is 4. The molecular weight excluding hydrogens is 352 g/mol. The van der Waals surface area contributed by atoms with Gasteiger partial charge in [0, 0.05) is 13.1 Å². The molecule has 150 valence electrons. The molecule has 1 aliphatic heterocycles. The lowest BCUT2D eigenvalue weighted by atomic mass is 9.87. The Bertz CT molecular complexity index is 805. The van der Waals surface area contributed by atoms with Gasteiger partial charge in [0.25, 0.3) is 0 Å². The minimum atomic E-state index is 0.00885. The van der Waals surface area contributed by atoms with Crippen LogP contribution in [0.4, 0.5) is 0 Å². The van der Waals surface area contributed by atoms with Gasteiger partial charge in [-0.15, -0.1) is 0 Å². The highest BCUT2D eigenvalue weighted by Gasteiger charge is 2.31. The zero-order chi connectivity index (χ0) is 20.1. The molecular formula is C23H30N2O3. The SMILES string of the molecule is COc1cc2c(cc1OC)[C@@H](c1ccccc1)N(CC(=O)NCC(C)C)CC2. The zero-order valence-electron chi connectivity index (χ0n) is 17.2. The summed E-state index contributed by atoms with van der Waals surface area (Å²) in [6, 6.07) is 14.5. The Morgan fingerprint density at radius 3 is 2.46 bits per heavy atom. The van der Waals surface area contributed by atoms with Crippen LogP contribution in [-0.4, -0.2) is 44.7 Å². The van der Waals surface area contributed by atoms with Gasteiger partial charge in [0.1, 0.15) is 0 Å². The van der Waals surface area contributed by atoms with Crippen LogP contribution in [0.25, 0.3) is 0 Å². The van der Waals surface area contributed by atoms with E-state index in [1.165, 1.54) is 16.7 Å². The molecule has 0 fully saturated rings. The van der Waals surface area contributed by atoms with Gasteiger partial charge in [-0.2, -0.15) is 0 Å². The lowest BCUT2D eigenvalue weighted by Crippen LogP contribution is -2.43. The van der Waals surface area contributed by atoms with Crippen LogP contribution in [0.5, 0.6) is 11.5 Å². The highest BCUT2D eigenvalue weighted by atomic mass is 16.5. The van der Waals surface area contributed by atoms with Crippen molar-refractivity contribution in [3.63, 3.8) is 0 Å². The van der Waals surface area contributed by atoms with E-state index in [0.29, 0.717) is 24.8 Å². The number of carbonyl (C=O) groups excluding carboxylic acids is 1. The van der Waals surface area contributed by atoms with Crippen LogP contribution in [0.15, 0.2) is 42.5 Å². The van der Waals surface area contributed by atoms with Gasteiger partial charge in [0.05, 0.1) is 26.8 Å². The topological polar surface area (TPSA) is 50.8 Å². The fourth-order valence-corrected chi connectivity index (χ4v) is 3.75. The van der Waals surface area contributed by atoms with Crippen molar-refractivity contribution >= 4 is 5.91 Å². The summed E-state index contributed by atoms with van der Waals surface area (Å²) in [5.74, 6) is 1.97. The molecule has 1 N–H and O–H groups in total. The molecule has 0 saturated heterocycles. The second-order valence-electron chi connectivity index (χ2n) is 7.64. The monoisotopic (exact) mass is 382 g/mol. The number of ether oxygens (including phenoxy) is 2. The van der Waals surface area contributed by atoms with Crippen molar-refractivity contribution in [2.45, 2.75) is 26.3 Å². The number of amides is 1. The quantitative estimate of drug-likeness (QED) is 0.797. The van der Waals surface area contributed by atoms with Crippen LogP contribution >= 0.6 is 0 Å². The van der Waals surface area contributed by atoms with Crippen LogP contribution in [0.2, 0.25) is 0 Å². The van der Waals surface area contributed by atoms with Crippen molar-refractivity contribution in [3.8, 4) is 11.5 Å². The highest BCUT2D eigenvalue weighted by molar-refractivity contribution is 5.78. The summed E-state index contributed by atoms with van der Waals surface area (Å²) in [6.07, 6.45) is 0.872. The second-order valence-corrected chi connectivity index (χ2v) is 7.64. The summed E-state index contributed by atoms with van der Waals surface area (Å²) in [4.78, 5) is 14.8.